The number of aryl methyl sites for hydroxylation is 1. The van der Waals surface area contributed by atoms with E-state index < -0.39 is 28.9 Å². The number of terminal acetylenes is 1. The lowest BCUT2D eigenvalue weighted by atomic mass is 10.0. The number of rotatable bonds is 4. The molecule has 1 amide bonds. The maximum atomic E-state index is 13.4. The van der Waals surface area contributed by atoms with Gasteiger partial charge in [0.05, 0.1) is 23.9 Å². The first-order valence-electron chi connectivity index (χ1n) is 13.8. The molecule has 0 unspecified atom stereocenters. The minimum Gasteiger partial charge on any atom is -0.300 e. The van der Waals surface area contributed by atoms with Crippen molar-refractivity contribution < 1.29 is 18.0 Å². The van der Waals surface area contributed by atoms with Crippen LogP contribution in [0.3, 0.4) is 0 Å². The summed E-state index contributed by atoms with van der Waals surface area (Å²) in [4.78, 5) is 18.7. The molecular formula is C41H15Cl2F3N4OS. The summed E-state index contributed by atoms with van der Waals surface area (Å²) >= 11 is 17.8. The van der Waals surface area contributed by atoms with Gasteiger partial charge in [0.1, 0.15) is 0 Å². The fraction of sp³-hybridized carbons (Fsp3) is 0.122. The van der Waals surface area contributed by atoms with E-state index in [-0.39, 0.29) is 22.6 Å². The van der Waals surface area contributed by atoms with Gasteiger partial charge in [0.15, 0.2) is 22.4 Å². The number of thiocarbonyl (C=S) groups is 1. The van der Waals surface area contributed by atoms with Crippen LogP contribution in [0.1, 0.15) is 11.1 Å². The molecule has 5 nitrogen and oxygen atoms in total. The van der Waals surface area contributed by atoms with Crippen molar-refractivity contribution in [2.45, 2.75) is 18.6 Å². The molecule has 1 aliphatic rings. The first-order valence-corrected chi connectivity index (χ1v) is 15.3. The van der Waals surface area contributed by atoms with E-state index in [1.165, 1.54) is 11.0 Å². The number of benzene rings is 2. The van der Waals surface area contributed by atoms with Gasteiger partial charge in [-0.15, -0.1) is 29.6 Å². The third-order valence-corrected chi connectivity index (χ3v) is 7.25. The Morgan fingerprint density at radius 1 is 0.788 bits per heavy atom. The van der Waals surface area contributed by atoms with Gasteiger partial charge in [0.2, 0.25) is 0 Å². The molecular weight excluding hydrogens is 724 g/mol. The van der Waals surface area contributed by atoms with Crippen LogP contribution in [0.5, 0.6) is 0 Å². The van der Waals surface area contributed by atoms with E-state index in [4.69, 9.17) is 53.7 Å². The highest BCUT2D eigenvalue weighted by atomic mass is 35.5. The molecule has 1 heterocycles. The zero-order valence-corrected chi connectivity index (χ0v) is 28.9. The minimum absolute atomic E-state index is 0.0474. The third kappa shape index (κ3) is 11.4. The molecule has 246 valence electrons. The number of hydrogen-bond donors (Lipinski definition) is 0. The molecule has 0 radical (unpaired) electrons. The number of amides is 1. The first kappa shape index (κ1) is 40.9. The molecule has 0 saturated carbocycles. The number of nitrogens with zero attached hydrogens (tertiary/aromatic N) is 4. The van der Waals surface area contributed by atoms with Gasteiger partial charge < -0.3 is 4.90 Å². The Labute approximate surface area is 315 Å². The van der Waals surface area contributed by atoms with Crippen molar-refractivity contribution in [1.82, 2.24) is 0 Å². The molecule has 0 N–H and O–H groups in total. The van der Waals surface area contributed by atoms with Crippen molar-refractivity contribution in [1.29, 1.82) is 5.26 Å². The topological polar surface area (TPSA) is 51.7 Å². The van der Waals surface area contributed by atoms with Gasteiger partial charge in [-0.1, -0.05) is 23.8 Å². The quantitative estimate of drug-likeness (QED) is 0.165. The number of alkyl halides is 5. The van der Waals surface area contributed by atoms with E-state index in [1.807, 2.05) is 19.1 Å². The van der Waals surface area contributed by atoms with E-state index in [0.29, 0.717) is 5.69 Å². The summed E-state index contributed by atoms with van der Waals surface area (Å²) in [7, 11) is 0. The molecule has 2 aromatic carbocycles. The molecule has 0 spiro atoms. The standard InChI is InChI=1S/C21HN.C20H14Cl2F3N3OS/c1-2-3-4-5-6-7-8-9-10-11-12-13-14-15-16-17-18-19-20-21-22;1-12-3-5-13(6-4-12)28-18(30)27(17(29)19(28,10-21)11-22)14-7-8-16(26-2)15(9-14)20(23,24)25/h1H;3-9H,10-11H2,1H3. The van der Waals surface area contributed by atoms with Crippen LogP contribution < -0.4 is 9.80 Å². The summed E-state index contributed by atoms with van der Waals surface area (Å²) in [5.41, 5.74) is -1.79. The van der Waals surface area contributed by atoms with Crippen LogP contribution in [0.25, 0.3) is 4.85 Å². The lowest BCUT2D eigenvalue weighted by Gasteiger charge is -2.32. The van der Waals surface area contributed by atoms with Crippen LogP contribution in [-0.4, -0.2) is 28.3 Å². The second-order valence-electron chi connectivity index (χ2n) is 9.21. The molecule has 0 aromatic heterocycles. The predicted molar refractivity (Wildman–Crippen MR) is 200 cm³/mol. The van der Waals surface area contributed by atoms with Gasteiger partial charge in [-0.3, -0.25) is 9.69 Å². The Kier molecular flexibility index (Phi) is 16.5. The van der Waals surface area contributed by atoms with E-state index in [9.17, 15) is 18.0 Å². The maximum Gasteiger partial charge on any atom is 0.407 e. The highest BCUT2D eigenvalue weighted by Crippen LogP contribution is 2.42. The average Bonchev–Trinajstić information content (AvgIpc) is 3.36. The number of halogens is 5. The lowest BCUT2D eigenvalue weighted by Crippen LogP contribution is -2.53. The molecule has 11 heteroatoms. The largest absolute Gasteiger partial charge is 0.407 e. The van der Waals surface area contributed by atoms with Gasteiger partial charge in [-0.05, 0) is 90.8 Å². The molecule has 3 rings (SSSR count). The fourth-order valence-corrected chi connectivity index (χ4v) is 5.00. The third-order valence-electron chi connectivity index (χ3n) is 6.00. The van der Waals surface area contributed by atoms with Crippen molar-refractivity contribution in [3.8, 4) is 125 Å². The van der Waals surface area contributed by atoms with E-state index in [2.05, 4.69) is 117 Å². The smallest absolute Gasteiger partial charge is 0.300 e. The number of carbonyl (C=O) groups is 1. The van der Waals surface area contributed by atoms with E-state index in [0.717, 1.165) is 22.6 Å². The van der Waals surface area contributed by atoms with Gasteiger partial charge >= 0.3 is 6.18 Å². The summed E-state index contributed by atoms with van der Waals surface area (Å²) in [6.07, 6.45) is 0.123. The Balaban J connectivity index is 0.000000381. The van der Waals surface area contributed by atoms with Gasteiger partial charge in [-0.25, -0.2) is 4.85 Å². The van der Waals surface area contributed by atoms with Crippen LogP contribution in [0, 0.1) is 144 Å². The molecule has 0 bridgehead atoms. The molecule has 52 heavy (non-hydrogen) atoms. The Morgan fingerprint density at radius 2 is 1.21 bits per heavy atom. The highest BCUT2D eigenvalue weighted by Gasteiger charge is 2.56. The second-order valence-corrected chi connectivity index (χ2v) is 10.1. The van der Waals surface area contributed by atoms with Crippen molar-refractivity contribution in [2.75, 3.05) is 21.6 Å². The van der Waals surface area contributed by atoms with Crippen LogP contribution in [0.15, 0.2) is 42.5 Å². The summed E-state index contributed by atoms with van der Waals surface area (Å²) in [6, 6.07) is 11.7. The summed E-state index contributed by atoms with van der Waals surface area (Å²) in [5.74, 6) is 44.3. The molecule has 0 aliphatic carbocycles. The number of hydrogen-bond acceptors (Lipinski definition) is 3. The Hall–Kier alpha value is -7.25. The van der Waals surface area contributed by atoms with E-state index >= 15 is 0 Å². The summed E-state index contributed by atoms with van der Waals surface area (Å²) in [5, 5.41) is 8.05. The summed E-state index contributed by atoms with van der Waals surface area (Å²) < 4.78 is 40.3. The minimum atomic E-state index is -4.77. The van der Waals surface area contributed by atoms with Crippen LogP contribution >= 0.6 is 35.4 Å². The maximum absolute atomic E-state index is 13.4. The zero-order chi connectivity index (χ0) is 38.4. The van der Waals surface area contributed by atoms with Crippen molar-refractivity contribution in [3.63, 3.8) is 0 Å². The van der Waals surface area contributed by atoms with Gasteiger partial charge in [-0.2, -0.15) is 18.4 Å². The molecule has 1 aliphatic heterocycles. The van der Waals surface area contributed by atoms with Gasteiger partial charge in [0, 0.05) is 76.5 Å². The molecule has 1 saturated heterocycles. The molecule has 2 aromatic rings. The normalized spacial score (nSPS) is 10.9. The van der Waals surface area contributed by atoms with Crippen LogP contribution in [0.2, 0.25) is 0 Å². The predicted octanol–water partition coefficient (Wildman–Crippen LogP) is 6.09. The fourth-order valence-electron chi connectivity index (χ4n) is 3.77. The summed E-state index contributed by atoms with van der Waals surface area (Å²) in [6.45, 7) is 8.87. The zero-order valence-electron chi connectivity index (χ0n) is 26.5. The first-order chi connectivity index (χ1) is 25.0. The molecule has 0 atom stereocenters. The SMILES string of the molecule is C#CC#CC#CC#CC#CC#CC#CC#CC#CC#CC#N.[C-]#[N+]c1ccc(N2C(=O)C(CCl)(CCl)N(c3ccc(C)cc3)C2=S)cc1C(F)(F)F. The average molecular weight is 740 g/mol. The van der Waals surface area contributed by atoms with E-state index in [1.54, 1.807) is 18.2 Å². The molecule has 1 fully saturated rings. The van der Waals surface area contributed by atoms with Crippen molar-refractivity contribution >= 4 is 63.5 Å². The monoisotopic (exact) mass is 738 g/mol. The number of carbonyl (C=O) groups excluding carboxylic acids is 1. The van der Waals surface area contributed by atoms with Crippen molar-refractivity contribution in [3.05, 3.63) is 65.0 Å². The number of nitriles is 1. The highest BCUT2D eigenvalue weighted by molar-refractivity contribution is 7.81. The second kappa shape index (κ2) is 21.0. The van der Waals surface area contributed by atoms with Gasteiger partial charge in [0.25, 0.3) is 5.91 Å². The number of anilines is 2. The van der Waals surface area contributed by atoms with Crippen LogP contribution in [-0.2, 0) is 11.0 Å². The van der Waals surface area contributed by atoms with Crippen LogP contribution in [0.4, 0.5) is 30.2 Å². The lowest BCUT2D eigenvalue weighted by molar-refractivity contribution is -0.136. The Morgan fingerprint density at radius 3 is 1.60 bits per heavy atom. The Bertz CT molecular complexity index is 2390. The van der Waals surface area contributed by atoms with Crippen molar-refractivity contribution in [2.24, 2.45) is 0 Å².